The van der Waals surface area contributed by atoms with Crippen LogP contribution >= 0.6 is 0 Å². The van der Waals surface area contributed by atoms with Crippen LogP contribution in [0, 0.1) is 0 Å². The quantitative estimate of drug-likeness (QED) is 0.154. The van der Waals surface area contributed by atoms with Crippen LogP contribution in [-0.2, 0) is 0 Å². The summed E-state index contributed by atoms with van der Waals surface area (Å²) < 4.78 is 0. The van der Waals surface area contributed by atoms with Crippen LogP contribution in [0.3, 0.4) is 0 Å². The van der Waals surface area contributed by atoms with E-state index in [9.17, 15) is 0 Å². The zero-order chi connectivity index (χ0) is 37.3. The van der Waals surface area contributed by atoms with Crippen LogP contribution in [0.5, 0.6) is 0 Å². The van der Waals surface area contributed by atoms with Gasteiger partial charge in [-0.05, 0) is 58.0 Å². The summed E-state index contributed by atoms with van der Waals surface area (Å²) in [5.74, 6) is 0.696. The molecule has 3 aromatic heterocycles. The Morgan fingerprint density at radius 3 is 1.45 bits per heavy atom. The van der Waals surface area contributed by atoms with E-state index < -0.39 is 0 Å². The first-order valence-corrected chi connectivity index (χ1v) is 18.8. The van der Waals surface area contributed by atoms with Crippen molar-refractivity contribution in [1.29, 1.82) is 0 Å². The Kier molecular flexibility index (Phi) is 8.47. The number of nitrogens with zero attached hydrogens (tertiary/aromatic N) is 4. The Labute approximate surface area is 325 Å². The first-order chi connectivity index (χ1) is 27.7. The van der Waals surface area contributed by atoms with E-state index in [4.69, 9.17) is 19.9 Å². The Bertz CT molecular complexity index is 2990. The maximum Gasteiger partial charge on any atom is 0.160 e. The van der Waals surface area contributed by atoms with Gasteiger partial charge in [0.25, 0.3) is 0 Å². The number of fused-ring (bicyclic) bond motifs is 3. The minimum Gasteiger partial charge on any atom is -0.246 e. The zero-order valence-corrected chi connectivity index (χ0v) is 30.4. The number of pyridine rings is 2. The fraction of sp³-hybridized carbons (Fsp3) is 0. The molecule has 10 rings (SSSR count). The number of aromatic nitrogens is 4. The third kappa shape index (κ3) is 6.40. The lowest BCUT2D eigenvalue weighted by atomic mass is 9.98. The van der Waals surface area contributed by atoms with Gasteiger partial charge in [0, 0.05) is 33.0 Å². The molecule has 10 aromatic rings. The van der Waals surface area contributed by atoms with Gasteiger partial charge in [-0.2, -0.15) is 0 Å². The van der Waals surface area contributed by atoms with Gasteiger partial charge >= 0.3 is 0 Å². The number of hydrogen-bond donors (Lipinski definition) is 0. The molecule has 0 aliphatic heterocycles. The molecule has 0 N–H and O–H groups in total. The molecule has 0 amide bonds. The molecule has 3 heterocycles. The van der Waals surface area contributed by atoms with Gasteiger partial charge in [0.2, 0.25) is 0 Å². The topological polar surface area (TPSA) is 51.6 Å². The summed E-state index contributed by atoms with van der Waals surface area (Å²) >= 11 is 0. The molecule has 0 bridgehead atoms. The third-order valence-electron chi connectivity index (χ3n) is 10.3. The molecule has 0 fully saturated rings. The molecular weight excluding hydrogens is 681 g/mol. The van der Waals surface area contributed by atoms with E-state index in [1.807, 2.05) is 30.3 Å². The fourth-order valence-electron chi connectivity index (χ4n) is 7.44. The minimum absolute atomic E-state index is 0.696. The summed E-state index contributed by atoms with van der Waals surface area (Å²) in [6.45, 7) is 0. The van der Waals surface area contributed by atoms with Crippen LogP contribution in [0.4, 0.5) is 0 Å². The summed E-state index contributed by atoms with van der Waals surface area (Å²) in [5.41, 5.74) is 14.0. The Morgan fingerprint density at radius 1 is 0.232 bits per heavy atom. The van der Waals surface area contributed by atoms with Gasteiger partial charge in [-0.1, -0.05) is 176 Å². The highest BCUT2D eigenvalue weighted by Gasteiger charge is 2.14. The average molecular weight is 715 g/mol. The lowest BCUT2D eigenvalue weighted by Crippen LogP contribution is -1.96. The molecule has 0 spiro atoms. The van der Waals surface area contributed by atoms with Crippen molar-refractivity contribution in [1.82, 2.24) is 19.9 Å². The molecule has 0 aliphatic carbocycles. The maximum atomic E-state index is 5.14. The summed E-state index contributed by atoms with van der Waals surface area (Å²) in [6.07, 6.45) is 0. The van der Waals surface area contributed by atoms with Crippen LogP contribution < -0.4 is 0 Å². The summed E-state index contributed by atoms with van der Waals surface area (Å²) in [7, 11) is 0. The number of rotatable bonds is 7. The van der Waals surface area contributed by atoms with Crippen LogP contribution in [0.1, 0.15) is 0 Å². The highest BCUT2D eigenvalue weighted by Crippen LogP contribution is 2.34. The highest BCUT2D eigenvalue weighted by molar-refractivity contribution is 6.10. The number of para-hydroxylation sites is 1. The van der Waals surface area contributed by atoms with Crippen molar-refractivity contribution >= 4 is 21.7 Å². The van der Waals surface area contributed by atoms with Gasteiger partial charge in [-0.15, -0.1) is 0 Å². The van der Waals surface area contributed by atoms with Gasteiger partial charge in [0.1, 0.15) is 0 Å². The zero-order valence-electron chi connectivity index (χ0n) is 30.4. The molecule has 0 saturated carbocycles. The molecule has 0 saturated heterocycles. The number of benzene rings is 7. The predicted octanol–water partition coefficient (Wildman–Crippen LogP) is 13.2. The highest BCUT2D eigenvalue weighted by atomic mass is 14.9. The van der Waals surface area contributed by atoms with Crippen LogP contribution in [0.25, 0.3) is 100 Å². The third-order valence-corrected chi connectivity index (χ3v) is 10.3. The second-order valence-corrected chi connectivity index (χ2v) is 13.9. The van der Waals surface area contributed by atoms with Crippen molar-refractivity contribution in [2.45, 2.75) is 0 Å². The molecule has 56 heavy (non-hydrogen) atoms. The van der Waals surface area contributed by atoms with Crippen molar-refractivity contribution in [3.63, 3.8) is 0 Å². The van der Waals surface area contributed by atoms with Gasteiger partial charge in [0.05, 0.1) is 34.0 Å². The Balaban J connectivity index is 0.977. The van der Waals surface area contributed by atoms with E-state index in [-0.39, 0.29) is 0 Å². The maximum absolute atomic E-state index is 5.14. The fourth-order valence-corrected chi connectivity index (χ4v) is 7.44. The molecule has 0 aliphatic rings. The van der Waals surface area contributed by atoms with Crippen molar-refractivity contribution in [3.8, 4) is 78.8 Å². The van der Waals surface area contributed by atoms with Crippen LogP contribution in [0.15, 0.2) is 206 Å². The second kappa shape index (κ2) is 14.3. The van der Waals surface area contributed by atoms with E-state index in [0.717, 1.165) is 78.1 Å². The molecule has 262 valence electrons. The van der Waals surface area contributed by atoms with Crippen LogP contribution in [0.2, 0.25) is 0 Å². The lowest BCUT2D eigenvalue weighted by molar-refractivity contribution is 1.18. The van der Waals surface area contributed by atoms with Gasteiger partial charge < -0.3 is 0 Å². The smallest absolute Gasteiger partial charge is 0.160 e. The van der Waals surface area contributed by atoms with Gasteiger partial charge in [0.15, 0.2) is 5.82 Å². The van der Waals surface area contributed by atoms with Crippen molar-refractivity contribution in [3.05, 3.63) is 206 Å². The van der Waals surface area contributed by atoms with E-state index in [0.29, 0.717) is 5.82 Å². The average Bonchev–Trinajstić information content (AvgIpc) is 3.29. The molecule has 4 heteroatoms. The largest absolute Gasteiger partial charge is 0.246 e. The van der Waals surface area contributed by atoms with Crippen molar-refractivity contribution in [2.75, 3.05) is 0 Å². The number of hydrogen-bond acceptors (Lipinski definition) is 4. The monoisotopic (exact) mass is 714 g/mol. The van der Waals surface area contributed by atoms with E-state index >= 15 is 0 Å². The van der Waals surface area contributed by atoms with E-state index in [2.05, 4.69) is 176 Å². The molecule has 0 atom stereocenters. The van der Waals surface area contributed by atoms with E-state index in [1.54, 1.807) is 0 Å². The molecular formula is C52H34N4. The molecule has 4 nitrogen and oxygen atoms in total. The Hall–Kier alpha value is -7.56. The predicted molar refractivity (Wildman–Crippen MR) is 231 cm³/mol. The standard InChI is InChI=1S/C52H34N4/c1-3-13-35(14-4-1)36-25-31-39(32-26-36)49-34-50(56-52(55-49)40-15-5-2-6-16-40)42-18-11-17-41(33-42)37-27-29-38(30-28-37)46-23-12-24-48(53-46)51-45-21-8-7-19-43(45)44-20-9-10-22-47(44)54-51/h1-34H. The SMILES string of the molecule is c1ccc(-c2ccc(-c3cc(-c4cccc(-c5ccc(-c6cccc(-c7nc8ccccc8c8ccccc78)n6)cc5)c4)nc(-c4ccccc4)n3)cc2)cc1. The lowest BCUT2D eigenvalue weighted by Gasteiger charge is -2.12. The van der Waals surface area contributed by atoms with Crippen molar-refractivity contribution < 1.29 is 0 Å². The first-order valence-electron chi connectivity index (χ1n) is 18.8. The normalized spacial score (nSPS) is 11.2. The van der Waals surface area contributed by atoms with E-state index in [1.165, 1.54) is 16.5 Å². The summed E-state index contributed by atoms with van der Waals surface area (Å²) in [5, 5.41) is 3.42. The molecule has 0 radical (unpaired) electrons. The molecule has 7 aromatic carbocycles. The summed E-state index contributed by atoms with van der Waals surface area (Å²) in [6, 6.07) is 71.5. The minimum atomic E-state index is 0.696. The van der Waals surface area contributed by atoms with Gasteiger partial charge in [-0.3, -0.25) is 0 Å². The van der Waals surface area contributed by atoms with Crippen LogP contribution in [-0.4, -0.2) is 19.9 Å². The Morgan fingerprint density at radius 2 is 0.714 bits per heavy atom. The van der Waals surface area contributed by atoms with Crippen molar-refractivity contribution in [2.24, 2.45) is 0 Å². The second-order valence-electron chi connectivity index (χ2n) is 13.9. The van der Waals surface area contributed by atoms with Gasteiger partial charge in [-0.25, -0.2) is 19.9 Å². The first kappa shape index (κ1) is 33.0. The molecule has 0 unspecified atom stereocenters. The summed E-state index contributed by atoms with van der Waals surface area (Å²) in [4.78, 5) is 20.4.